The minimum Gasteiger partial charge on any atom is -0.481 e. The summed E-state index contributed by atoms with van der Waals surface area (Å²) in [6, 6.07) is 5.25. The number of hydrogen-bond donors (Lipinski definition) is 1. The van der Waals surface area contributed by atoms with Crippen molar-refractivity contribution in [1.29, 1.82) is 0 Å². The predicted molar refractivity (Wildman–Crippen MR) is 86.0 cm³/mol. The van der Waals surface area contributed by atoms with Crippen LogP contribution in [0.1, 0.15) is 43.7 Å². The number of carboxylic acids is 1. The minimum atomic E-state index is -4.47. The van der Waals surface area contributed by atoms with Crippen LogP contribution in [0.4, 0.5) is 13.2 Å². The highest BCUT2D eigenvalue weighted by molar-refractivity contribution is 5.79. The van der Waals surface area contributed by atoms with Gasteiger partial charge in [0, 0.05) is 19.5 Å². The lowest BCUT2D eigenvalue weighted by Gasteiger charge is -2.35. The highest BCUT2D eigenvalue weighted by Gasteiger charge is 2.36. The van der Waals surface area contributed by atoms with Crippen LogP contribution in [0.15, 0.2) is 24.3 Å². The summed E-state index contributed by atoms with van der Waals surface area (Å²) in [4.78, 5) is 25.2. The van der Waals surface area contributed by atoms with Gasteiger partial charge in [-0.2, -0.15) is 13.2 Å². The SMILES string of the molecule is CC1CC(C(=O)O)CN(C(=O)CC(C)c2ccccc2C(F)(F)F)C1. The van der Waals surface area contributed by atoms with Crippen LogP contribution in [-0.4, -0.2) is 35.0 Å². The smallest absolute Gasteiger partial charge is 0.416 e. The fourth-order valence-electron chi connectivity index (χ4n) is 3.42. The van der Waals surface area contributed by atoms with Gasteiger partial charge in [0.2, 0.25) is 5.91 Å². The van der Waals surface area contributed by atoms with E-state index in [4.69, 9.17) is 0 Å². The number of aliphatic carboxylic acids is 1. The standard InChI is InChI=1S/C18H22F3NO3/c1-11-7-13(17(24)25)10-22(9-11)16(23)8-12(2)14-5-3-4-6-15(14)18(19,20)21/h3-6,11-13H,7-10H2,1-2H3,(H,24,25). The normalized spacial score (nSPS) is 22.5. The molecular formula is C18H22F3NO3. The van der Waals surface area contributed by atoms with Gasteiger partial charge >= 0.3 is 12.1 Å². The fraction of sp³-hybridized carbons (Fsp3) is 0.556. The maximum atomic E-state index is 13.1. The Balaban J connectivity index is 2.12. The lowest BCUT2D eigenvalue weighted by Crippen LogP contribution is -2.45. The Kier molecular flexibility index (Phi) is 5.75. The zero-order valence-corrected chi connectivity index (χ0v) is 14.2. The second-order valence-corrected chi connectivity index (χ2v) is 6.86. The largest absolute Gasteiger partial charge is 0.481 e. The Morgan fingerprint density at radius 2 is 1.92 bits per heavy atom. The van der Waals surface area contributed by atoms with Gasteiger partial charge in [0.05, 0.1) is 11.5 Å². The van der Waals surface area contributed by atoms with Gasteiger partial charge in [0.1, 0.15) is 0 Å². The van der Waals surface area contributed by atoms with Crippen molar-refractivity contribution < 1.29 is 27.9 Å². The number of benzene rings is 1. The van der Waals surface area contributed by atoms with Crippen molar-refractivity contribution in [1.82, 2.24) is 4.90 Å². The van der Waals surface area contributed by atoms with Crippen LogP contribution in [-0.2, 0) is 15.8 Å². The Hall–Kier alpha value is -2.05. The summed E-state index contributed by atoms with van der Waals surface area (Å²) in [5, 5.41) is 9.18. The summed E-state index contributed by atoms with van der Waals surface area (Å²) in [6.07, 6.45) is -4.04. The molecule has 0 bridgehead atoms. The van der Waals surface area contributed by atoms with Crippen molar-refractivity contribution in [2.24, 2.45) is 11.8 Å². The molecule has 3 unspecified atom stereocenters. The molecule has 0 aliphatic carbocycles. The first-order chi connectivity index (χ1) is 11.6. The molecule has 1 saturated heterocycles. The van der Waals surface area contributed by atoms with Crippen molar-refractivity contribution in [2.75, 3.05) is 13.1 Å². The first-order valence-corrected chi connectivity index (χ1v) is 8.26. The van der Waals surface area contributed by atoms with Crippen molar-refractivity contribution in [2.45, 2.75) is 38.8 Å². The molecule has 25 heavy (non-hydrogen) atoms. The van der Waals surface area contributed by atoms with E-state index in [0.29, 0.717) is 13.0 Å². The lowest BCUT2D eigenvalue weighted by atomic mass is 9.88. The molecule has 1 aromatic carbocycles. The van der Waals surface area contributed by atoms with E-state index in [-0.39, 0.29) is 30.4 Å². The Bertz CT molecular complexity index is 645. The molecule has 0 saturated carbocycles. The van der Waals surface area contributed by atoms with E-state index in [9.17, 15) is 27.9 Å². The second kappa shape index (κ2) is 7.45. The molecular weight excluding hydrogens is 335 g/mol. The summed E-state index contributed by atoms with van der Waals surface area (Å²) in [5.74, 6) is -2.42. The Morgan fingerprint density at radius 3 is 2.52 bits per heavy atom. The highest BCUT2D eigenvalue weighted by atomic mass is 19.4. The molecule has 0 aromatic heterocycles. The molecule has 2 rings (SSSR count). The van der Waals surface area contributed by atoms with Crippen LogP contribution >= 0.6 is 0 Å². The van der Waals surface area contributed by atoms with Gasteiger partial charge in [-0.3, -0.25) is 9.59 Å². The number of carbonyl (C=O) groups excluding carboxylic acids is 1. The molecule has 1 fully saturated rings. The van der Waals surface area contributed by atoms with Gasteiger partial charge in [-0.15, -0.1) is 0 Å². The van der Waals surface area contributed by atoms with Gasteiger partial charge in [-0.1, -0.05) is 32.0 Å². The van der Waals surface area contributed by atoms with Crippen LogP contribution < -0.4 is 0 Å². The first-order valence-electron chi connectivity index (χ1n) is 8.26. The number of amides is 1. The minimum absolute atomic E-state index is 0.0524. The fourth-order valence-corrected chi connectivity index (χ4v) is 3.42. The summed E-state index contributed by atoms with van der Waals surface area (Å²) in [5.41, 5.74) is -0.645. The molecule has 1 aliphatic heterocycles. The number of halogens is 3. The van der Waals surface area contributed by atoms with Gasteiger partial charge in [-0.05, 0) is 29.9 Å². The molecule has 1 aliphatic rings. The van der Waals surface area contributed by atoms with Crippen molar-refractivity contribution in [3.8, 4) is 0 Å². The summed E-state index contributed by atoms with van der Waals surface area (Å²) in [6.45, 7) is 4.02. The molecule has 4 nitrogen and oxygen atoms in total. The number of piperidine rings is 1. The van der Waals surface area contributed by atoms with Gasteiger partial charge < -0.3 is 10.0 Å². The van der Waals surface area contributed by atoms with Crippen LogP contribution in [0.2, 0.25) is 0 Å². The number of nitrogens with zero attached hydrogens (tertiary/aromatic N) is 1. The van der Waals surface area contributed by atoms with E-state index in [2.05, 4.69) is 0 Å². The maximum Gasteiger partial charge on any atom is 0.416 e. The van der Waals surface area contributed by atoms with Crippen molar-refractivity contribution in [3.63, 3.8) is 0 Å². The Morgan fingerprint density at radius 1 is 1.28 bits per heavy atom. The maximum absolute atomic E-state index is 13.1. The molecule has 1 amide bonds. The summed E-state index contributed by atoms with van der Waals surface area (Å²) in [7, 11) is 0. The number of rotatable bonds is 4. The van der Waals surface area contributed by atoms with Crippen LogP contribution in [0.25, 0.3) is 0 Å². The number of carboxylic acid groups (broad SMARTS) is 1. The molecule has 1 heterocycles. The highest BCUT2D eigenvalue weighted by Crippen LogP contribution is 2.36. The number of hydrogen-bond acceptors (Lipinski definition) is 2. The molecule has 1 N–H and O–H groups in total. The number of likely N-dealkylation sites (tertiary alicyclic amines) is 1. The molecule has 138 valence electrons. The van der Waals surface area contributed by atoms with E-state index < -0.39 is 29.5 Å². The zero-order valence-electron chi connectivity index (χ0n) is 14.2. The van der Waals surface area contributed by atoms with E-state index in [0.717, 1.165) is 6.07 Å². The molecule has 7 heteroatoms. The third kappa shape index (κ3) is 4.74. The molecule has 0 radical (unpaired) electrons. The predicted octanol–water partition coefficient (Wildman–Crippen LogP) is 3.77. The summed E-state index contributed by atoms with van der Waals surface area (Å²) < 4.78 is 39.4. The van der Waals surface area contributed by atoms with Crippen molar-refractivity contribution in [3.05, 3.63) is 35.4 Å². The van der Waals surface area contributed by atoms with Crippen LogP contribution in [0.5, 0.6) is 0 Å². The van der Waals surface area contributed by atoms with E-state index in [1.807, 2.05) is 6.92 Å². The first kappa shape index (κ1) is 19.3. The molecule has 0 spiro atoms. The van der Waals surface area contributed by atoms with Crippen LogP contribution in [0.3, 0.4) is 0 Å². The topological polar surface area (TPSA) is 57.6 Å². The van der Waals surface area contributed by atoms with Gasteiger partial charge in [-0.25, -0.2) is 0 Å². The van der Waals surface area contributed by atoms with Gasteiger partial charge in [0.15, 0.2) is 0 Å². The van der Waals surface area contributed by atoms with Crippen molar-refractivity contribution >= 4 is 11.9 Å². The zero-order chi connectivity index (χ0) is 18.8. The third-order valence-corrected chi connectivity index (χ3v) is 4.64. The van der Waals surface area contributed by atoms with E-state index in [1.54, 1.807) is 6.92 Å². The molecule has 1 aromatic rings. The Labute approximate surface area is 144 Å². The van der Waals surface area contributed by atoms with E-state index in [1.165, 1.54) is 23.1 Å². The van der Waals surface area contributed by atoms with E-state index >= 15 is 0 Å². The summed E-state index contributed by atoms with van der Waals surface area (Å²) >= 11 is 0. The average Bonchev–Trinajstić information content (AvgIpc) is 2.53. The number of carbonyl (C=O) groups is 2. The third-order valence-electron chi connectivity index (χ3n) is 4.64. The average molecular weight is 357 g/mol. The lowest BCUT2D eigenvalue weighted by molar-refractivity contribution is -0.147. The quantitative estimate of drug-likeness (QED) is 0.892. The van der Waals surface area contributed by atoms with Crippen LogP contribution in [0, 0.1) is 11.8 Å². The molecule has 3 atom stereocenters. The number of alkyl halides is 3. The second-order valence-electron chi connectivity index (χ2n) is 6.86. The van der Waals surface area contributed by atoms with Gasteiger partial charge in [0.25, 0.3) is 0 Å². The monoisotopic (exact) mass is 357 g/mol.